The second-order valence-corrected chi connectivity index (χ2v) is 7.78. The van der Waals surface area contributed by atoms with Gasteiger partial charge in [0.1, 0.15) is 5.82 Å². The van der Waals surface area contributed by atoms with Crippen LogP contribution in [0.25, 0.3) is 0 Å². The van der Waals surface area contributed by atoms with Crippen LogP contribution in [0.3, 0.4) is 0 Å². The second kappa shape index (κ2) is 7.76. The van der Waals surface area contributed by atoms with Gasteiger partial charge in [0, 0.05) is 25.2 Å². The van der Waals surface area contributed by atoms with Gasteiger partial charge in [-0.3, -0.25) is 4.79 Å². The van der Waals surface area contributed by atoms with E-state index in [1.54, 1.807) is 6.20 Å². The fraction of sp³-hybridized carbons (Fsp3) is 0.550. The lowest BCUT2D eigenvalue weighted by molar-refractivity contribution is 0.0946. The first kappa shape index (κ1) is 18.1. The third-order valence-electron chi connectivity index (χ3n) is 5.60. The highest BCUT2D eigenvalue weighted by molar-refractivity contribution is 5.92. The van der Waals surface area contributed by atoms with Gasteiger partial charge in [-0.15, -0.1) is 5.10 Å². The summed E-state index contributed by atoms with van der Waals surface area (Å²) in [6, 6.07) is 7.80. The molecular weight excluding hydrogens is 345 g/mol. The number of likely N-dealkylation sites (tertiary alicyclic amines) is 1. The molecular formula is C20H26FN5O. The number of halogens is 1. The highest BCUT2D eigenvalue weighted by atomic mass is 19.1. The SMILES string of the molecule is C[C@H](Cc1ccc(F)cc1)N1CCC(n2cc(C(=O)NC3CC3)nn2)CC1. The van der Waals surface area contributed by atoms with Crippen molar-refractivity contribution in [2.24, 2.45) is 0 Å². The number of amides is 1. The monoisotopic (exact) mass is 371 g/mol. The molecule has 6 nitrogen and oxygen atoms in total. The van der Waals surface area contributed by atoms with Crippen molar-refractivity contribution in [1.82, 2.24) is 25.2 Å². The number of piperidine rings is 1. The van der Waals surface area contributed by atoms with Crippen molar-refractivity contribution in [3.8, 4) is 0 Å². The van der Waals surface area contributed by atoms with E-state index in [-0.39, 0.29) is 17.8 Å². The summed E-state index contributed by atoms with van der Waals surface area (Å²) < 4.78 is 14.9. The van der Waals surface area contributed by atoms with E-state index >= 15 is 0 Å². The van der Waals surface area contributed by atoms with Crippen molar-refractivity contribution in [2.75, 3.05) is 13.1 Å². The number of nitrogens with one attached hydrogen (secondary N) is 1. The third-order valence-corrected chi connectivity index (χ3v) is 5.60. The molecule has 0 spiro atoms. The van der Waals surface area contributed by atoms with Gasteiger partial charge in [0.15, 0.2) is 5.69 Å². The van der Waals surface area contributed by atoms with Crippen LogP contribution < -0.4 is 5.32 Å². The first-order valence-corrected chi connectivity index (χ1v) is 9.79. The molecule has 2 aromatic rings. The summed E-state index contributed by atoms with van der Waals surface area (Å²) in [5, 5.41) is 11.2. The number of benzene rings is 1. The molecule has 0 bridgehead atoms. The largest absolute Gasteiger partial charge is 0.348 e. The normalized spacial score (nSPS) is 19.8. The van der Waals surface area contributed by atoms with Crippen molar-refractivity contribution in [3.63, 3.8) is 0 Å². The van der Waals surface area contributed by atoms with E-state index in [2.05, 4.69) is 27.5 Å². The lowest BCUT2D eigenvalue weighted by Crippen LogP contribution is -2.41. The maximum absolute atomic E-state index is 13.1. The lowest BCUT2D eigenvalue weighted by Gasteiger charge is -2.36. The molecule has 1 saturated carbocycles. The molecule has 2 heterocycles. The van der Waals surface area contributed by atoms with Crippen LogP contribution in [-0.2, 0) is 6.42 Å². The highest BCUT2D eigenvalue weighted by Gasteiger charge is 2.27. The Labute approximate surface area is 158 Å². The number of nitrogens with zero attached hydrogens (tertiary/aromatic N) is 4. The lowest BCUT2D eigenvalue weighted by atomic mass is 10.0. The van der Waals surface area contributed by atoms with E-state index in [4.69, 9.17) is 0 Å². The minimum atomic E-state index is -0.190. The van der Waals surface area contributed by atoms with Gasteiger partial charge >= 0.3 is 0 Å². The Hall–Kier alpha value is -2.28. The summed E-state index contributed by atoms with van der Waals surface area (Å²) in [6.07, 6.45) is 6.80. The smallest absolute Gasteiger partial charge is 0.273 e. The molecule has 1 aliphatic heterocycles. The fourth-order valence-electron chi connectivity index (χ4n) is 3.73. The molecule has 7 heteroatoms. The van der Waals surface area contributed by atoms with E-state index in [1.165, 1.54) is 12.1 Å². The molecule has 4 rings (SSSR count). The summed E-state index contributed by atoms with van der Waals surface area (Å²) in [5.41, 5.74) is 1.57. The Kier molecular flexibility index (Phi) is 5.20. The van der Waals surface area contributed by atoms with Gasteiger partial charge in [0.25, 0.3) is 5.91 Å². The molecule has 2 fully saturated rings. The Morgan fingerprint density at radius 3 is 2.59 bits per heavy atom. The van der Waals surface area contributed by atoms with Crippen LogP contribution in [0.1, 0.15) is 54.7 Å². The van der Waals surface area contributed by atoms with E-state index in [0.717, 1.165) is 50.8 Å². The van der Waals surface area contributed by atoms with Crippen molar-refractivity contribution in [3.05, 3.63) is 47.5 Å². The van der Waals surface area contributed by atoms with Crippen molar-refractivity contribution in [2.45, 2.75) is 57.2 Å². The average Bonchev–Trinajstić information content (AvgIpc) is 3.35. The van der Waals surface area contributed by atoms with Crippen LogP contribution >= 0.6 is 0 Å². The van der Waals surface area contributed by atoms with E-state index < -0.39 is 0 Å². The van der Waals surface area contributed by atoms with Gasteiger partial charge in [0.2, 0.25) is 0 Å². The van der Waals surface area contributed by atoms with Gasteiger partial charge in [-0.2, -0.15) is 0 Å². The average molecular weight is 371 g/mol. The first-order chi connectivity index (χ1) is 13.1. The minimum absolute atomic E-state index is 0.117. The van der Waals surface area contributed by atoms with E-state index in [9.17, 15) is 9.18 Å². The van der Waals surface area contributed by atoms with Gasteiger partial charge in [-0.1, -0.05) is 17.3 Å². The highest BCUT2D eigenvalue weighted by Crippen LogP contribution is 2.24. The molecule has 144 valence electrons. The summed E-state index contributed by atoms with van der Waals surface area (Å²) >= 11 is 0. The maximum Gasteiger partial charge on any atom is 0.273 e. The van der Waals surface area contributed by atoms with Crippen molar-refractivity contribution in [1.29, 1.82) is 0 Å². The van der Waals surface area contributed by atoms with Gasteiger partial charge in [0.05, 0.1) is 12.2 Å². The van der Waals surface area contributed by atoms with E-state index in [0.29, 0.717) is 17.8 Å². The molecule has 2 aliphatic rings. The number of rotatable bonds is 6. The van der Waals surface area contributed by atoms with Crippen LogP contribution in [0.2, 0.25) is 0 Å². The summed E-state index contributed by atoms with van der Waals surface area (Å²) in [5.74, 6) is -0.306. The van der Waals surface area contributed by atoms with Crippen LogP contribution in [-0.4, -0.2) is 51.0 Å². The summed E-state index contributed by atoms with van der Waals surface area (Å²) in [7, 11) is 0. The van der Waals surface area contributed by atoms with E-state index in [1.807, 2.05) is 16.8 Å². The van der Waals surface area contributed by atoms with Crippen LogP contribution in [0.15, 0.2) is 30.5 Å². The Bertz CT molecular complexity index is 778. The van der Waals surface area contributed by atoms with Crippen molar-refractivity contribution < 1.29 is 9.18 Å². The molecule has 1 saturated heterocycles. The van der Waals surface area contributed by atoms with Crippen LogP contribution in [0, 0.1) is 5.82 Å². The predicted molar refractivity (Wildman–Crippen MR) is 99.9 cm³/mol. The second-order valence-electron chi connectivity index (χ2n) is 7.78. The molecule has 1 aromatic carbocycles. The number of hydrogen-bond acceptors (Lipinski definition) is 4. The molecule has 27 heavy (non-hydrogen) atoms. The Morgan fingerprint density at radius 2 is 1.93 bits per heavy atom. The van der Waals surface area contributed by atoms with Gasteiger partial charge in [-0.25, -0.2) is 9.07 Å². The number of carbonyl (C=O) groups excluding carboxylic acids is 1. The van der Waals surface area contributed by atoms with Crippen LogP contribution in [0.4, 0.5) is 4.39 Å². The quantitative estimate of drug-likeness (QED) is 0.848. The van der Waals surface area contributed by atoms with Gasteiger partial charge < -0.3 is 10.2 Å². The topological polar surface area (TPSA) is 63.1 Å². The molecule has 0 radical (unpaired) electrons. The standard InChI is InChI=1S/C20H26FN5O/c1-14(12-15-2-4-16(21)5-3-15)25-10-8-18(9-11-25)26-13-19(23-24-26)20(27)22-17-6-7-17/h2-5,13-14,17-18H,6-12H2,1H3,(H,22,27)/t14-/m1/s1. The third kappa shape index (κ3) is 4.53. The van der Waals surface area contributed by atoms with Crippen LogP contribution in [0.5, 0.6) is 0 Å². The number of aromatic nitrogens is 3. The summed E-state index contributed by atoms with van der Waals surface area (Å²) in [4.78, 5) is 14.5. The molecule has 0 unspecified atom stereocenters. The van der Waals surface area contributed by atoms with Crippen molar-refractivity contribution >= 4 is 5.91 Å². The molecule has 1 amide bonds. The zero-order valence-corrected chi connectivity index (χ0v) is 15.6. The molecule has 1 aliphatic carbocycles. The Balaban J connectivity index is 1.28. The maximum atomic E-state index is 13.1. The number of carbonyl (C=O) groups is 1. The summed E-state index contributed by atoms with van der Waals surface area (Å²) in [6.45, 7) is 4.19. The first-order valence-electron chi connectivity index (χ1n) is 9.79. The molecule has 1 atom stereocenters. The fourth-order valence-corrected chi connectivity index (χ4v) is 3.73. The van der Waals surface area contributed by atoms with Gasteiger partial charge in [-0.05, 0) is 56.7 Å². The molecule has 1 N–H and O–H groups in total. The minimum Gasteiger partial charge on any atom is -0.348 e. The Morgan fingerprint density at radius 1 is 1.22 bits per heavy atom. The number of hydrogen-bond donors (Lipinski definition) is 1. The zero-order chi connectivity index (χ0) is 18.8. The molecule has 1 aromatic heterocycles. The predicted octanol–water partition coefficient (Wildman–Crippen LogP) is 2.58. The zero-order valence-electron chi connectivity index (χ0n) is 15.6.